The van der Waals surface area contributed by atoms with Crippen LogP contribution in [0.3, 0.4) is 0 Å². The summed E-state index contributed by atoms with van der Waals surface area (Å²) >= 11 is 0. The lowest BCUT2D eigenvalue weighted by atomic mass is 9.94. The van der Waals surface area contributed by atoms with Gasteiger partial charge >= 0.3 is 0 Å². The van der Waals surface area contributed by atoms with Gasteiger partial charge in [0.15, 0.2) is 0 Å². The van der Waals surface area contributed by atoms with Crippen LogP contribution >= 0.6 is 0 Å². The summed E-state index contributed by atoms with van der Waals surface area (Å²) < 4.78 is 0. The highest BCUT2D eigenvalue weighted by atomic mass is 14.6. The van der Waals surface area contributed by atoms with E-state index in [0.29, 0.717) is 6.04 Å². The third-order valence-electron chi connectivity index (χ3n) is 3.73. The third-order valence-corrected chi connectivity index (χ3v) is 3.73. The fraction of sp³-hybridized carbons (Fsp3) is 0.600. The predicted molar refractivity (Wildman–Crippen MR) is 69.4 cm³/mol. The zero-order chi connectivity index (χ0) is 11.4. The van der Waals surface area contributed by atoms with Gasteiger partial charge in [0.25, 0.3) is 0 Å². The van der Waals surface area contributed by atoms with E-state index in [1.54, 1.807) is 0 Å². The molecule has 1 atom stereocenters. The minimum Gasteiger partial charge on any atom is -0.327 e. The van der Waals surface area contributed by atoms with Gasteiger partial charge in [-0.05, 0) is 31.2 Å². The predicted octanol–water partition coefficient (Wildman–Crippen LogP) is 3.45. The molecule has 0 heterocycles. The Hall–Kier alpha value is -0.820. The molecule has 16 heavy (non-hydrogen) atoms. The van der Waals surface area contributed by atoms with E-state index in [9.17, 15) is 0 Å². The zero-order valence-corrected chi connectivity index (χ0v) is 10.3. The maximum Gasteiger partial charge on any atom is 0.00819 e. The first-order chi connectivity index (χ1) is 7.74. The van der Waals surface area contributed by atoms with Crippen molar-refractivity contribution in [1.29, 1.82) is 0 Å². The molecule has 0 saturated heterocycles. The molecule has 0 bridgehead atoms. The third kappa shape index (κ3) is 3.34. The lowest BCUT2D eigenvalue weighted by Crippen LogP contribution is -2.25. The van der Waals surface area contributed by atoms with Crippen molar-refractivity contribution in [2.45, 2.75) is 51.5 Å². The fourth-order valence-electron chi connectivity index (χ4n) is 2.78. The van der Waals surface area contributed by atoms with E-state index < -0.39 is 0 Å². The standard InChI is InChI=1S/C15H23N/c1-12-6-8-14(9-7-12)11-15(16)10-13-4-2-3-5-13/h6-9,13,15H,2-5,10-11,16H2,1H3. The van der Waals surface area contributed by atoms with Gasteiger partial charge in [-0.25, -0.2) is 0 Å². The number of hydrogen-bond acceptors (Lipinski definition) is 1. The highest BCUT2D eigenvalue weighted by Gasteiger charge is 2.18. The van der Waals surface area contributed by atoms with Gasteiger partial charge in [-0.15, -0.1) is 0 Å². The minimum atomic E-state index is 0.353. The highest BCUT2D eigenvalue weighted by molar-refractivity contribution is 5.22. The average Bonchev–Trinajstić information content (AvgIpc) is 2.74. The molecule has 88 valence electrons. The Morgan fingerprint density at radius 2 is 1.81 bits per heavy atom. The van der Waals surface area contributed by atoms with Crippen LogP contribution in [-0.4, -0.2) is 6.04 Å². The molecule has 2 rings (SSSR count). The molecule has 1 aromatic rings. The summed E-state index contributed by atoms with van der Waals surface area (Å²) in [6.45, 7) is 2.13. The molecule has 0 aliphatic heterocycles. The molecule has 0 amide bonds. The summed E-state index contributed by atoms with van der Waals surface area (Å²) in [6, 6.07) is 9.13. The molecule has 1 nitrogen and oxygen atoms in total. The van der Waals surface area contributed by atoms with Gasteiger partial charge < -0.3 is 5.73 Å². The van der Waals surface area contributed by atoms with Gasteiger partial charge in [0.05, 0.1) is 0 Å². The van der Waals surface area contributed by atoms with E-state index in [-0.39, 0.29) is 0 Å². The molecule has 1 unspecified atom stereocenters. The van der Waals surface area contributed by atoms with Crippen LogP contribution in [0.15, 0.2) is 24.3 Å². The van der Waals surface area contributed by atoms with Crippen LogP contribution in [0.25, 0.3) is 0 Å². The molecule has 0 radical (unpaired) electrons. The van der Waals surface area contributed by atoms with Gasteiger partial charge in [-0.3, -0.25) is 0 Å². The summed E-state index contributed by atoms with van der Waals surface area (Å²) in [4.78, 5) is 0. The Labute approximate surface area is 99.0 Å². The molecule has 2 N–H and O–H groups in total. The summed E-state index contributed by atoms with van der Waals surface area (Å²) in [7, 11) is 0. The van der Waals surface area contributed by atoms with Crippen molar-refractivity contribution in [1.82, 2.24) is 0 Å². The molecule has 0 spiro atoms. The number of benzene rings is 1. The number of nitrogens with two attached hydrogens (primary N) is 1. The van der Waals surface area contributed by atoms with Gasteiger partial charge in [0.1, 0.15) is 0 Å². The molecular formula is C15H23N. The average molecular weight is 217 g/mol. The van der Waals surface area contributed by atoms with E-state index in [2.05, 4.69) is 31.2 Å². The molecule has 1 aliphatic carbocycles. The van der Waals surface area contributed by atoms with Crippen molar-refractivity contribution in [3.63, 3.8) is 0 Å². The first kappa shape index (κ1) is 11.7. The Bertz CT molecular complexity index is 309. The van der Waals surface area contributed by atoms with Crippen LogP contribution in [-0.2, 0) is 6.42 Å². The quantitative estimate of drug-likeness (QED) is 0.821. The first-order valence-electron chi connectivity index (χ1n) is 6.55. The zero-order valence-electron chi connectivity index (χ0n) is 10.3. The van der Waals surface area contributed by atoms with Crippen LogP contribution in [0, 0.1) is 12.8 Å². The topological polar surface area (TPSA) is 26.0 Å². The maximum absolute atomic E-state index is 6.22. The van der Waals surface area contributed by atoms with E-state index in [1.165, 1.54) is 43.2 Å². The van der Waals surface area contributed by atoms with Crippen LogP contribution in [0.5, 0.6) is 0 Å². The monoisotopic (exact) mass is 217 g/mol. The van der Waals surface area contributed by atoms with Crippen molar-refractivity contribution in [3.8, 4) is 0 Å². The Morgan fingerprint density at radius 1 is 1.19 bits per heavy atom. The maximum atomic E-state index is 6.22. The summed E-state index contributed by atoms with van der Waals surface area (Å²) in [5.74, 6) is 0.903. The normalized spacial score (nSPS) is 18.9. The Morgan fingerprint density at radius 3 is 2.44 bits per heavy atom. The number of hydrogen-bond donors (Lipinski definition) is 1. The molecule has 0 aromatic heterocycles. The van der Waals surface area contributed by atoms with Crippen LogP contribution in [0.1, 0.15) is 43.2 Å². The smallest absolute Gasteiger partial charge is 0.00819 e. The molecule has 1 heteroatoms. The second kappa shape index (κ2) is 5.49. The SMILES string of the molecule is Cc1ccc(CC(N)CC2CCCC2)cc1. The minimum absolute atomic E-state index is 0.353. The summed E-state index contributed by atoms with van der Waals surface area (Å²) in [5, 5.41) is 0. The summed E-state index contributed by atoms with van der Waals surface area (Å²) in [6.07, 6.45) is 7.90. The van der Waals surface area contributed by atoms with Crippen molar-refractivity contribution in [2.24, 2.45) is 11.7 Å². The van der Waals surface area contributed by atoms with Gasteiger partial charge in [0.2, 0.25) is 0 Å². The van der Waals surface area contributed by atoms with Gasteiger partial charge in [-0.1, -0.05) is 55.5 Å². The van der Waals surface area contributed by atoms with Crippen LogP contribution in [0.4, 0.5) is 0 Å². The Balaban J connectivity index is 1.81. The molecule has 1 aliphatic rings. The van der Waals surface area contributed by atoms with Crippen molar-refractivity contribution in [3.05, 3.63) is 35.4 Å². The van der Waals surface area contributed by atoms with Crippen molar-refractivity contribution < 1.29 is 0 Å². The van der Waals surface area contributed by atoms with Crippen LogP contribution in [0.2, 0.25) is 0 Å². The lowest BCUT2D eigenvalue weighted by molar-refractivity contribution is 0.440. The molecule has 1 aromatic carbocycles. The largest absolute Gasteiger partial charge is 0.327 e. The molecular weight excluding hydrogens is 194 g/mol. The van der Waals surface area contributed by atoms with Crippen molar-refractivity contribution >= 4 is 0 Å². The van der Waals surface area contributed by atoms with E-state index in [1.807, 2.05) is 0 Å². The molecule has 1 fully saturated rings. The lowest BCUT2D eigenvalue weighted by Gasteiger charge is -2.16. The van der Waals surface area contributed by atoms with E-state index in [4.69, 9.17) is 5.73 Å². The highest BCUT2D eigenvalue weighted by Crippen LogP contribution is 2.28. The Kier molecular flexibility index (Phi) is 4.00. The second-order valence-electron chi connectivity index (χ2n) is 5.34. The molecule has 1 saturated carbocycles. The number of rotatable bonds is 4. The van der Waals surface area contributed by atoms with Crippen LogP contribution < -0.4 is 5.73 Å². The first-order valence-corrected chi connectivity index (χ1v) is 6.55. The second-order valence-corrected chi connectivity index (χ2v) is 5.34. The van der Waals surface area contributed by atoms with Gasteiger partial charge in [-0.2, -0.15) is 0 Å². The summed E-state index contributed by atoms with van der Waals surface area (Å²) in [5.41, 5.74) is 8.94. The van der Waals surface area contributed by atoms with E-state index in [0.717, 1.165) is 12.3 Å². The van der Waals surface area contributed by atoms with Crippen molar-refractivity contribution in [2.75, 3.05) is 0 Å². The van der Waals surface area contributed by atoms with E-state index >= 15 is 0 Å². The van der Waals surface area contributed by atoms with Gasteiger partial charge in [0, 0.05) is 6.04 Å². The number of aryl methyl sites for hydroxylation is 1. The fourth-order valence-corrected chi connectivity index (χ4v) is 2.78.